The topological polar surface area (TPSA) is 159 Å². The lowest BCUT2D eigenvalue weighted by atomic mass is 10.1. The number of hydrogen-bond donors (Lipinski definition) is 7. The molecule has 0 unspecified atom stereocenters. The Hall–Kier alpha value is -0.770. The molecular weight excluding hydrogens is 320 g/mol. The number of aliphatic carboxylic acids is 1. The summed E-state index contributed by atoms with van der Waals surface area (Å²) in [4.78, 5) is 10.1. The largest absolute Gasteiger partial charge is 0.481 e. The summed E-state index contributed by atoms with van der Waals surface area (Å²) in [5, 5.41) is 56.4. The van der Waals surface area contributed by atoms with Crippen molar-refractivity contribution >= 4 is 5.97 Å². The lowest BCUT2D eigenvalue weighted by molar-refractivity contribution is -0.137. The number of aliphatic hydroxyl groups excluding tert-OH is 6. The second-order valence-electron chi connectivity index (χ2n) is 5.30. The number of unbranched alkanes of at least 4 members (excludes halogenated alkanes) is 6. The van der Waals surface area contributed by atoms with Gasteiger partial charge in [0.2, 0.25) is 0 Å². The number of carbonyl (C=O) groups is 1. The van der Waals surface area contributed by atoms with Gasteiger partial charge in [0.1, 0.15) is 12.2 Å². The molecule has 0 heterocycles. The van der Waals surface area contributed by atoms with E-state index in [1.807, 2.05) is 0 Å². The van der Waals surface area contributed by atoms with Crippen LogP contribution in [0.5, 0.6) is 0 Å². The standard InChI is InChI=1S/C10H20O2.2C3H8O3/c1-2-3-4-5-6-7-8-9-10(11)12;2*4-1-3(6)2-5/h2-9H2,1H3,(H,11,12);2*3-6H,1-2H2. The van der Waals surface area contributed by atoms with Crippen LogP contribution in [0.1, 0.15) is 58.3 Å². The van der Waals surface area contributed by atoms with E-state index in [0.717, 1.165) is 12.8 Å². The molecule has 0 aromatic heterocycles. The summed E-state index contributed by atoms with van der Waals surface area (Å²) in [6.07, 6.45) is 6.74. The molecule has 0 aliphatic heterocycles. The fourth-order valence-corrected chi connectivity index (χ4v) is 1.35. The second-order valence-corrected chi connectivity index (χ2v) is 5.30. The molecule has 0 bridgehead atoms. The van der Waals surface area contributed by atoms with Crippen LogP contribution >= 0.6 is 0 Å². The minimum atomic E-state index is -0.954. The van der Waals surface area contributed by atoms with Gasteiger partial charge in [0.05, 0.1) is 26.4 Å². The van der Waals surface area contributed by atoms with Gasteiger partial charge in [-0.05, 0) is 6.42 Å². The minimum Gasteiger partial charge on any atom is -0.481 e. The van der Waals surface area contributed by atoms with Crippen LogP contribution in [-0.2, 0) is 4.79 Å². The van der Waals surface area contributed by atoms with E-state index in [2.05, 4.69) is 6.92 Å². The highest BCUT2D eigenvalue weighted by Gasteiger charge is 1.96. The molecular formula is C16H36O8. The van der Waals surface area contributed by atoms with Gasteiger partial charge in [-0.1, -0.05) is 45.4 Å². The molecule has 0 atom stereocenters. The number of hydrogen-bond acceptors (Lipinski definition) is 7. The van der Waals surface area contributed by atoms with Gasteiger partial charge < -0.3 is 35.7 Å². The zero-order chi connectivity index (χ0) is 19.2. The van der Waals surface area contributed by atoms with Crippen molar-refractivity contribution < 1.29 is 40.5 Å². The fourth-order valence-electron chi connectivity index (χ4n) is 1.35. The van der Waals surface area contributed by atoms with Crippen LogP contribution in [0.4, 0.5) is 0 Å². The van der Waals surface area contributed by atoms with E-state index in [0.29, 0.717) is 6.42 Å². The average molecular weight is 356 g/mol. The van der Waals surface area contributed by atoms with Crippen LogP contribution in [0.2, 0.25) is 0 Å². The van der Waals surface area contributed by atoms with Crippen LogP contribution in [-0.4, -0.2) is 80.4 Å². The minimum absolute atomic E-state index is 0.341. The molecule has 0 radical (unpaired) electrons. The van der Waals surface area contributed by atoms with Gasteiger partial charge in [0.25, 0.3) is 0 Å². The van der Waals surface area contributed by atoms with Crippen LogP contribution in [0.25, 0.3) is 0 Å². The summed E-state index contributed by atoms with van der Waals surface area (Å²) in [5.41, 5.74) is 0. The van der Waals surface area contributed by atoms with Crippen molar-refractivity contribution in [1.29, 1.82) is 0 Å². The molecule has 7 N–H and O–H groups in total. The van der Waals surface area contributed by atoms with E-state index in [9.17, 15) is 4.79 Å². The van der Waals surface area contributed by atoms with E-state index in [-0.39, 0.29) is 26.4 Å². The first kappa shape index (κ1) is 28.1. The zero-order valence-electron chi connectivity index (χ0n) is 14.7. The van der Waals surface area contributed by atoms with Crippen molar-refractivity contribution in [2.45, 2.75) is 70.5 Å². The SMILES string of the molecule is CCCCCCCCCC(=O)O.OCC(O)CO.OCC(O)CO. The number of carboxylic acid groups (broad SMARTS) is 1. The fraction of sp³-hybridized carbons (Fsp3) is 0.938. The van der Waals surface area contributed by atoms with Gasteiger partial charge >= 0.3 is 5.97 Å². The van der Waals surface area contributed by atoms with E-state index in [1.165, 1.54) is 32.1 Å². The van der Waals surface area contributed by atoms with Gasteiger partial charge in [-0.2, -0.15) is 0 Å². The summed E-state index contributed by atoms with van der Waals surface area (Å²) >= 11 is 0. The van der Waals surface area contributed by atoms with Crippen LogP contribution in [0.15, 0.2) is 0 Å². The van der Waals surface area contributed by atoms with Gasteiger partial charge in [-0.15, -0.1) is 0 Å². The third kappa shape index (κ3) is 33.0. The van der Waals surface area contributed by atoms with Crippen molar-refractivity contribution in [3.05, 3.63) is 0 Å². The van der Waals surface area contributed by atoms with Crippen LogP contribution in [0, 0.1) is 0 Å². The smallest absolute Gasteiger partial charge is 0.303 e. The highest BCUT2D eigenvalue weighted by molar-refractivity contribution is 5.66. The molecule has 0 saturated carbocycles. The van der Waals surface area contributed by atoms with Gasteiger partial charge in [-0.3, -0.25) is 4.79 Å². The van der Waals surface area contributed by atoms with Crippen LogP contribution in [0.3, 0.4) is 0 Å². The van der Waals surface area contributed by atoms with Gasteiger partial charge in [0.15, 0.2) is 0 Å². The van der Waals surface area contributed by atoms with Crippen molar-refractivity contribution in [2.75, 3.05) is 26.4 Å². The Labute approximate surface area is 144 Å². The van der Waals surface area contributed by atoms with E-state index in [4.69, 9.17) is 35.7 Å². The molecule has 8 heteroatoms. The number of aliphatic hydroxyl groups is 6. The summed E-state index contributed by atoms with van der Waals surface area (Å²) in [6, 6.07) is 0. The predicted octanol–water partition coefficient (Wildman–Crippen LogP) is -0.124. The normalized spacial score (nSPS) is 10.0. The Morgan fingerprint density at radius 1 is 0.708 bits per heavy atom. The van der Waals surface area contributed by atoms with Gasteiger partial charge in [0, 0.05) is 6.42 Å². The molecule has 0 amide bonds. The number of carboxylic acids is 1. The summed E-state index contributed by atoms with van der Waals surface area (Å²) in [5.74, 6) is -0.663. The van der Waals surface area contributed by atoms with Crippen LogP contribution < -0.4 is 0 Å². The first-order valence-electron chi connectivity index (χ1n) is 8.40. The van der Waals surface area contributed by atoms with E-state index in [1.54, 1.807) is 0 Å². The third-order valence-corrected chi connectivity index (χ3v) is 2.84. The molecule has 0 saturated heterocycles. The summed E-state index contributed by atoms with van der Waals surface area (Å²) in [6.45, 7) is 0.741. The quantitative estimate of drug-likeness (QED) is 0.238. The molecule has 24 heavy (non-hydrogen) atoms. The molecule has 0 spiro atoms. The van der Waals surface area contributed by atoms with Gasteiger partial charge in [-0.25, -0.2) is 0 Å². The summed E-state index contributed by atoms with van der Waals surface area (Å²) in [7, 11) is 0. The van der Waals surface area contributed by atoms with E-state index >= 15 is 0 Å². The lowest BCUT2D eigenvalue weighted by Gasteiger charge is -1.98. The molecule has 0 aliphatic carbocycles. The number of rotatable bonds is 12. The Kier molecular flexibility index (Phi) is 28.6. The maximum absolute atomic E-state index is 10.1. The summed E-state index contributed by atoms with van der Waals surface area (Å²) < 4.78 is 0. The molecule has 0 aromatic carbocycles. The third-order valence-electron chi connectivity index (χ3n) is 2.84. The molecule has 0 rings (SSSR count). The van der Waals surface area contributed by atoms with Crippen molar-refractivity contribution in [1.82, 2.24) is 0 Å². The first-order chi connectivity index (χ1) is 11.4. The lowest BCUT2D eigenvalue weighted by Crippen LogP contribution is -2.15. The molecule has 0 aromatic rings. The Morgan fingerprint density at radius 3 is 1.29 bits per heavy atom. The Bertz CT molecular complexity index is 220. The van der Waals surface area contributed by atoms with Crippen molar-refractivity contribution in [2.24, 2.45) is 0 Å². The van der Waals surface area contributed by atoms with E-state index < -0.39 is 18.2 Å². The average Bonchev–Trinajstić information content (AvgIpc) is 2.60. The second kappa shape index (κ2) is 24.5. The highest BCUT2D eigenvalue weighted by Crippen LogP contribution is 2.07. The van der Waals surface area contributed by atoms with Crippen molar-refractivity contribution in [3.8, 4) is 0 Å². The molecule has 0 aliphatic rings. The highest BCUT2D eigenvalue weighted by atomic mass is 16.4. The molecule has 8 nitrogen and oxygen atoms in total. The zero-order valence-corrected chi connectivity index (χ0v) is 14.7. The Balaban J connectivity index is -0.000000309. The predicted molar refractivity (Wildman–Crippen MR) is 90.6 cm³/mol. The maximum atomic E-state index is 10.1. The monoisotopic (exact) mass is 356 g/mol. The Morgan fingerprint density at radius 2 is 1.04 bits per heavy atom. The maximum Gasteiger partial charge on any atom is 0.303 e. The molecule has 0 fully saturated rings. The van der Waals surface area contributed by atoms with Crippen molar-refractivity contribution in [3.63, 3.8) is 0 Å². The molecule has 148 valence electrons. The first-order valence-corrected chi connectivity index (χ1v) is 8.40.